The Balaban J connectivity index is 1.45. The number of nitrogens with one attached hydrogen (secondary N) is 1. The number of hydrogen-bond acceptors (Lipinski definition) is 5. The molecule has 29 heavy (non-hydrogen) atoms. The van der Waals surface area contributed by atoms with Gasteiger partial charge in [0.2, 0.25) is 5.91 Å². The summed E-state index contributed by atoms with van der Waals surface area (Å²) in [6, 6.07) is 12.6. The average Bonchev–Trinajstić information content (AvgIpc) is 3.27. The van der Waals surface area contributed by atoms with Gasteiger partial charge in [0, 0.05) is 12.4 Å². The molecule has 10 heteroatoms. The fourth-order valence-corrected chi connectivity index (χ4v) is 3.99. The summed E-state index contributed by atoms with van der Waals surface area (Å²) in [5, 5.41) is 13.6. The van der Waals surface area contributed by atoms with Crippen LogP contribution in [0.5, 0.6) is 0 Å². The van der Waals surface area contributed by atoms with Crippen molar-refractivity contribution < 1.29 is 9.21 Å². The van der Waals surface area contributed by atoms with Crippen molar-refractivity contribution in [3.63, 3.8) is 0 Å². The summed E-state index contributed by atoms with van der Waals surface area (Å²) < 4.78 is 7.62. The minimum absolute atomic E-state index is 0.114. The van der Waals surface area contributed by atoms with Crippen LogP contribution in [0.1, 0.15) is 0 Å². The molecule has 148 valence electrons. The van der Waals surface area contributed by atoms with E-state index in [2.05, 4.69) is 15.5 Å². The maximum Gasteiger partial charge on any atom is 0.234 e. The monoisotopic (exact) mass is 466 g/mol. The fraction of sp³-hybridized carbons (Fsp3) is 0.105. The van der Waals surface area contributed by atoms with Crippen LogP contribution in [0, 0.1) is 0 Å². The van der Waals surface area contributed by atoms with Crippen LogP contribution in [0.3, 0.4) is 0 Å². The summed E-state index contributed by atoms with van der Waals surface area (Å²) >= 11 is 19.2. The van der Waals surface area contributed by atoms with Crippen LogP contribution < -0.4 is 5.32 Å². The number of fused-ring (bicyclic) bond motifs is 1. The van der Waals surface area contributed by atoms with E-state index in [0.29, 0.717) is 37.5 Å². The highest BCUT2D eigenvalue weighted by molar-refractivity contribution is 7.99. The van der Waals surface area contributed by atoms with E-state index in [1.807, 2.05) is 37.4 Å². The second-order valence-corrected chi connectivity index (χ2v) is 8.26. The normalized spacial score (nSPS) is 11.2. The number of aromatic nitrogens is 3. The van der Waals surface area contributed by atoms with Gasteiger partial charge in [0.15, 0.2) is 16.7 Å². The molecule has 0 radical (unpaired) electrons. The summed E-state index contributed by atoms with van der Waals surface area (Å²) in [4.78, 5) is 12.3. The summed E-state index contributed by atoms with van der Waals surface area (Å²) in [5.41, 5.74) is 1.17. The zero-order chi connectivity index (χ0) is 20.5. The van der Waals surface area contributed by atoms with Gasteiger partial charge in [0.05, 0.1) is 26.5 Å². The number of carbonyl (C=O) groups excluding carboxylic acids is 1. The van der Waals surface area contributed by atoms with Gasteiger partial charge in [-0.2, -0.15) is 0 Å². The predicted octanol–water partition coefficient (Wildman–Crippen LogP) is 5.92. The van der Waals surface area contributed by atoms with Crippen molar-refractivity contribution in [1.29, 1.82) is 0 Å². The number of furan rings is 1. The number of thioether (sulfide) groups is 1. The van der Waals surface area contributed by atoms with E-state index in [1.54, 1.807) is 4.57 Å². The molecule has 0 aliphatic carbocycles. The van der Waals surface area contributed by atoms with Crippen LogP contribution in [-0.4, -0.2) is 26.4 Å². The molecule has 2 aromatic heterocycles. The van der Waals surface area contributed by atoms with Gasteiger partial charge >= 0.3 is 0 Å². The van der Waals surface area contributed by atoms with Crippen LogP contribution in [-0.2, 0) is 11.8 Å². The first-order chi connectivity index (χ1) is 13.9. The highest BCUT2D eigenvalue weighted by Crippen LogP contribution is 2.33. The van der Waals surface area contributed by atoms with Crippen LogP contribution in [0.2, 0.25) is 15.1 Å². The van der Waals surface area contributed by atoms with Gasteiger partial charge in [-0.1, -0.05) is 64.8 Å². The van der Waals surface area contributed by atoms with E-state index in [-0.39, 0.29) is 11.7 Å². The van der Waals surface area contributed by atoms with Crippen LogP contribution in [0.15, 0.2) is 52.0 Å². The minimum atomic E-state index is -0.261. The lowest BCUT2D eigenvalue weighted by molar-refractivity contribution is -0.113. The van der Waals surface area contributed by atoms with E-state index in [0.717, 1.165) is 11.0 Å². The van der Waals surface area contributed by atoms with E-state index in [9.17, 15) is 4.79 Å². The van der Waals surface area contributed by atoms with Gasteiger partial charge < -0.3 is 14.3 Å². The second kappa shape index (κ2) is 8.28. The number of nitrogens with zero attached hydrogens (tertiary/aromatic N) is 3. The number of halogens is 3. The van der Waals surface area contributed by atoms with Crippen molar-refractivity contribution in [2.45, 2.75) is 5.16 Å². The number of hydrogen-bond donors (Lipinski definition) is 1. The van der Waals surface area contributed by atoms with E-state index in [4.69, 9.17) is 39.2 Å². The Morgan fingerprint density at radius 3 is 2.66 bits per heavy atom. The zero-order valence-electron chi connectivity index (χ0n) is 14.9. The SMILES string of the molecule is Cn1c(SCC(=O)Nc2cc(Cl)c(Cl)cc2Cl)nnc1-c1cc2ccccc2o1. The Kier molecular flexibility index (Phi) is 5.74. The predicted molar refractivity (Wildman–Crippen MR) is 117 cm³/mol. The van der Waals surface area contributed by atoms with E-state index >= 15 is 0 Å². The molecule has 0 aliphatic heterocycles. The van der Waals surface area contributed by atoms with Crippen molar-refractivity contribution in [2.24, 2.45) is 7.05 Å². The number of para-hydroxylation sites is 1. The van der Waals surface area contributed by atoms with Crippen molar-refractivity contribution >= 4 is 69.1 Å². The lowest BCUT2D eigenvalue weighted by Crippen LogP contribution is -2.14. The largest absolute Gasteiger partial charge is 0.453 e. The fourth-order valence-electron chi connectivity index (χ4n) is 2.68. The number of rotatable bonds is 5. The second-order valence-electron chi connectivity index (χ2n) is 6.10. The number of anilines is 1. The molecule has 6 nitrogen and oxygen atoms in total. The third-order valence-electron chi connectivity index (χ3n) is 4.10. The molecule has 1 N–H and O–H groups in total. The molecule has 4 aromatic rings. The Bertz CT molecular complexity index is 1190. The van der Waals surface area contributed by atoms with Crippen molar-refractivity contribution in [1.82, 2.24) is 14.8 Å². The zero-order valence-corrected chi connectivity index (χ0v) is 18.0. The molecule has 0 saturated heterocycles. The van der Waals surface area contributed by atoms with Crippen molar-refractivity contribution in [2.75, 3.05) is 11.1 Å². The molecule has 4 rings (SSSR count). The molecule has 0 bridgehead atoms. The molecule has 2 aromatic carbocycles. The molecule has 0 atom stereocenters. The van der Waals surface area contributed by atoms with Gasteiger partial charge in [0.1, 0.15) is 5.58 Å². The quantitative estimate of drug-likeness (QED) is 0.291. The third-order valence-corrected chi connectivity index (χ3v) is 6.15. The first kappa shape index (κ1) is 20.1. The van der Waals surface area contributed by atoms with E-state index in [1.165, 1.54) is 23.9 Å². The Morgan fingerprint density at radius 1 is 1.10 bits per heavy atom. The number of benzene rings is 2. The van der Waals surface area contributed by atoms with E-state index < -0.39 is 0 Å². The minimum Gasteiger partial charge on any atom is -0.453 e. The van der Waals surface area contributed by atoms with Gasteiger partial charge in [0.25, 0.3) is 0 Å². The van der Waals surface area contributed by atoms with Crippen LogP contribution >= 0.6 is 46.6 Å². The summed E-state index contributed by atoms with van der Waals surface area (Å²) in [7, 11) is 1.82. The maximum absolute atomic E-state index is 12.3. The van der Waals surface area contributed by atoms with Crippen LogP contribution in [0.4, 0.5) is 5.69 Å². The molecule has 0 spiro atoms. The molecular formula is C19H13Cl3N4O2S. The highest BCUT2D eigenvalue weighted by atomic mass is 35.5. The maximum atomic E-state index is 12.3. The van der Waals surface area contributed by atoms with Gasteiger partial charge in [-0.3, -0.25) is 4.79 Å². The molecule has 0 fully saturated rings. The molecule has 0 saturated carbocycles. The number of amides is 1. The number of carbonyl (C=O) groups is 1. The summed E-state index contributed by atoms with van der Waals surface area (Å²) in [6.45, 7) is 0. The van der Waals surface area contributed by atoms with Crippen LogP contribution in [0.25, 0.3) is 22.6 Å². The molecule has 0 aliphatic rings. The smallest absolute Gasteiger partial charge is 0.234 e. The van der Waals surface area contributed by atoms with Gasteiger partial charge in [-0.25, -0.2) is 0 Å². The standard InChI is InChI=1S/C19H13Cl3N4O2S/c1-26-18(16-6-10-4-2-3-5-15(10)28-16)24-25-19(26)29-9-17(27)23-14-8-12(21)11(20)7-13(14)22/h2-8H,9H2,1H3,(H,23,27). The summed E-state index contributed by atoms with van der Waals surface area (Å²) in [6.07, 6.45) is 0. The Hall–Kier alpha value is -2.19. The molecule has 0 unspecified atom stereocenters. The molecule has 1 amide bonds. The third kappa shape index (κ3) is 4.23. The topological polar surface area (TPSA) is 73.0 Å². The Morgan fingerprint density at radius 2 is 1.86 bits per heavy atom. The van der Waals surface area contributed by atoms with Crippen molar-refractivity contribution in [3.05, 3.63) is 57.5 Å². The van der Waals surface area contributed by atoms with Crippen molar-refractivity contribution in [3.8, 4) is 11.6 Å². The highest BCUT2D eigenvalue weighted by Gasteiger charge is 2.17. The molecule has 2 heterocycles. The van der Waals surface area contributed by atoms with Gasteiger partial charge in [-0.05, 0) is 24.3 Å². The molecular weight excluding hydrogens is 455 g/mol. The average molecular weight is 468 g/mol. The van der Waals surface area contributed by atoms with Gasteiger partial charge in [-0.15, -0.1) is 10.2 Å². The lowest BCUT2D eigenvalue weighted by Gasteiger charge is -2.08. The lowest BCUT2D eigenvalue weighted by atomic mass is 10.2. The first-order valence-electron chi connectivity index (χ1n) is 8.38. The first-order valence-corrected chi connectivity index (χ1v) is 10.5. The summed E-state index contributed by atoms with van der Waals surface area (Å²) in [5.74, 6) is 1.04. The Labute approximate surface area is 185 Å².